The van der Waals surface area contributed by atoms with E-state index in [0.29, 0.717) is 29.0 Å². The topological polar surface area (TPSA) is 74.3 Å². The first-order valence-corrected chi connectivity index (χ1v) is 9.19. The van der Waals surface area contributed by atoms with Crippen molar-refractivity contribution in [2.45, 2.75) is 24.9 Å². The molecule has 0 unspecified atom stereocenters. The monoisotopic (exact) mass is 387 g/mol. The van der Waals surface area contributed by atoms with Crippen molar-refractivity contribution in [3.63, 3.8) is 0 Å². The highest BCUT2D eigenvalue weighted by Crippen LogP contribution is 2.41. The van der Waals surface area contributed by atoms with Gasteiger partial charge in [0.1, 0.15) is 5.75 Å². The van der Waals surface area contributed by atoms with Crippen LogP contribution in [-0.2, 0) is 23.8 Å². The molecule has 1 fully saturated rings. The van der Waals surface area contributed by atoms with Gasteiger partial charge in [0.15, 0.2) is 0 Å². The van der Waals surface area contributed by atoms with Crippen LogP contribution in [0.15, 0.2) is 47.8 Å². The van der Waals surface area contributed by atoms with Crippen LogP contribution in [0.4, 0.5) is 0 Å². The summed E-state index contributed by atoms with van der Waals surface area (Å²) in [5.74, 6) is -1.10. The number of esters is 2. The van der Waals surface area contributed by atoms with E-state index in [0.717, 1.165) is 19.4 Å². The minimum Gasteiger partial charge on any atom is -0.496 e. The van der Waals surface area contributed by atoms with E-state index < -0.39 is 17.9 Å². The molecule has 0 aliphatic carbocycles. The first-order valence-electron chi connectivity index (χ1n) is 9.19. The molecular weight excluding hydrogens is 362 g/mol. The Kier molecular flexibility index (Phi) is 6.36. The summed E-state index contributed by atoms with van der Waals surface area (Å²) in [7, 11) is 4.19. The number of methoxy groups -OCH3 is 3. The average molecular weight is 387 g/mol. The van der Waals surface area contributed by atoms with Crippen molar-refractivity contribution in [2.75, 3.05) is 34.5 Å². The van der Waals surface area contributed by atoms with E-state index in [4.69, 9.17) is 18.9 Å². The molecule has 2 aliphatic heterocycles. The molecule has 0 spiro atoms. The lowest BCUT2D eigenvalue weighted by molar-refractivity contribution is -0.137. The van der Waals surface area contributed by atoms with Gasteiger partial charge in [-0.1, -0.05) is 18.2 Å². The van der Waals surface area contributed by atoms with Crippen LogP contribution < -0.4 is 4.74 Å². The van der Waals surface area contributed by atoms with Gasteiger partial charge in [-0.15, -0.1) is 0 Å². The van der Waals surface area contributed by atoms with Crippen LogP contribution in [0.25, 0.3) is 0 Å². The molecule has 0 aromatic heterocycles. The molecule has 1 aromatic carbocycles. The maximum Gasteiger partial charge on any atom is 0.336 e. The Morgan fingerprint density at radius 3 is 2.25 bits per heavy atom. The largest absolute Gasteiger partial charge is 0.496 e. The van der Waals surface area contributed by atoms with Gasteiger partial charge < -0.3 is 23.8 Å². The van der Waals surface area contributed by atoms with Crippen LogP contribution in [0.5, 0.6) is 5.75 Å². The Morgan fingerprint density at radius 1 is 1.07 bits per heavy atom. The summed E-state index contributed by atoms with van der Waals surface area (Å²) in [6, 6.07) is 7.28. The normalized spacial score (nSPS) is 19.7. The lowest BCUT2D eigenvalue weighted by Crippen LogP contribution is -2.32. The summed E-state index contributed by atoms with van der Waals surface area (Å²) in [6.07, 6.45) is 5.43. The van der Waals surface area contributed by atoms with Crippen LogP contribution in [0, 0.1) is 0 Å². The number of rotatable bonds is 6. The second-order valence-electron chi connectivity index (χ2n) is 6.66. The lowest BCUT2D eigenvalue weighted by Gasteiger charge is -2.31. The number of carbonyl (C=O) groups is 2. The van der Waals surface area contributed by atoms with Crippen LogP contribution in [0.2, 0.25) is 0 Å². The van der Waals surface area contributed by atoms with Gasteiger partial charge in [-0.2, -0.15) is 0 Å². The van der Waals surface area contributed by atoms with Gasteiger partial charge in [-0.05, 0) is 18.9 Å². The van der Waals surface area contributed by atoms with Gasteiger partial charge in [-0.25, -0.2) is 9.59 Å². The van der Waals surface area contributed by atoms with Gasteiger partial charge in [0.05, 0.1) is 44.5 Å². The molecule has 150 valence electrons. The van der Waals surface area contributed by atoms with Crippen LogP contribution in [0.3, 0.4) is 0 Å². The SMILES string of the molecule is COC(=O)C1=CN(C[C@H]2CCCO2)C=C(C(=O)OC)C1c1ccccc1OC. The van der Waals surface area contributed by atoms with Crippen LogP contribution in [0.1, 0.15) is 24.3 Å². The molecule has 0 amide bonds. The highest BCUT2D eigenvalue weighted by molar-refractivity contribution is 5.98. The Labute approximate surface area is 164 Å². The summed E-state index contributed by atoms with van der Waals surface area (Å²) in [5, 5.41) is 0. The third-order valence-corrected chi connectivity index (χ3v) is 4.96. The molecule has 0 N–H and O–H groups in total. The Morgan fingerprint density at radius 2 is 1.71 bits per heavy atom. The number of ether oxygens (including phenoxy) is 4. The maximum absolute atomic E-state index is 12.6. The van der Waals surface area contributed by atoms with Gasteiger partial charge in [0.25, 0.3) is 0 Å². The fraction of sp³-hybridized carbons (Fsp3) is 0.429. The number of nitrogens with zero attached hydrogens (tertiary/aromatic N) is 1. The maximum atomic E-state index is 12.6. The fourth-order valence-corrected chi connectivity index (χ4v) is 3.66. The van der Waals surface area contributed by atoms with Crippen LogP contribution >= 0.6 is 0 Å². The molecule has 0 radical (unpaired) electrons. The molecule has 2 heterocycles. The average Bonchev–Trinajstić information content (AvgIpc) is 3.24. The van der Waals surface area contributed by atoms with Crippen molar-refractivity contribution in [3.8, 4) is 5.75 Å². The second-order valence-corrected chi connectivity index (χ2v) is 6.66. The molecule has 7 nitrogen and oxygen atoms in total. The van der Waals surface area contributed by atoms with Crippen molar-refractivity contribution in [1.82, 2.24) is 4.90 Å². The zero-order chi connectivity index (χ0) is 20.1. The summed E-state index contributed by atoms with van der Waals surface area (Å²) in [6.45, 7) is 1.27. The molecule has 7 heteroatoms. The van der Waals surface area contributed by atoms with Crippen molar-refractivity contribution in [2.24, 2.45) is 0 Å². The van der Waals surface area contributed by atoms with Crippen molar-refractivity contribution < 1.29 is 28.5 Å². The minimum absolute atomic E-state index is 0.0492. The third kappa shape index (κ3) is 4.04. The highest BCUT2D eigenvalue weighted by atomic mass is 16.5. The van der Waals surface area contributed by atoms with E-state index in [1.54, 1.807) is 30.5 Å². The highest BCUT2D eigenvalue weighted by Gasteiger charge is 2.37. The number of benzene rings is 1. The van der Waals surface area contributed by atoms with Crippen molar-refractivity contribution in [3.05, 3.63) is 53.4 Å². The van der Waals surface area contributed by atoms with Crippen LogP contribution in [-0.4, -0.2) is 57.4 Å². The predicted octanol–water partition coefficient (Wildman–Crippen LogP) is 2.39. The van der Waals surface area contributed by atoms with Gasteiger partial charge in [-0.3, -0.25) is 0 Å². The smallest absolute Gasteiger partial charge is 0.336 e. The molecule has 1 atom stereocenters. The third-order valence-electron chi connectivity index (χ3n) is 4.96. The number of carbonyl (C=O) groups excluding carboxylic acids is 2. The summed E-state index contributed by atoms with van der Waals surface area (Å²) >= 11 is 0. The quantitative estimate of drug-likeness (QED) is 0.694. The number of hydrogen-bond donors (Lipinski definition) is 0. The lowest BCUT2D eigenvalue weighted by atomic mass is 9.82. The summed E-state index contributed by atoms with van der Waals surface area (Å²) < 4.78 is 21.2. The predicted molar refractivity (Wildman–Crippen MR) is 102 cm³/mol. The molecule has 2 aliphatic rings. The molecular formula is C21H25NO6. The Balaban J connectivity index is 2.07. The first-order chi connectivity index (χ1) is 13.6. The van der Waals surface area contributed by atoms with E-state index >= 15 is 0 Å². The zero-order valence-corrected chi connectivity index (χ0v) is 16.3. The molecule has 0 bridgehead atoms. The van der Waals surface area contributed by atoms with Gasteiger partial charge in [0.2, 0.25) is 0 Å². The molecule has 1 saturated heterocycles. The Hall–Kier alpha value is -2.80. The van der Waals surface area contributed by atoms with Gasteiger partial charge >= 0.3 is 11.9 Å². The second kappa shape index (κ2) is 8.93. The van der Waals surface area contributed by atoms with Crippen molar-refractivity contribution in [1.29, 1.82) is 0 Å². The molecule has 0 saturated carbocycles. The summed E-state index contributed by atoms with van der Waals surface area (Å²) in [5.41, 5.74) is 1.37. The molecule has 1 aromatic rings. The minimum atomic E-state index is -0.656. The molecule has 28 heavy (non-hydrogen) atoms. The Bertz CT molecular complexity index is 760. The fourth-order valence-electron chi connectivity index (χ4n) is 3.66. The van der Waals surface area contributed by atoms with Gasteiger partial charge in [0, 0.05) is 31.1 Å². The first kappa shape index (κ1) is 19.9. The standard InChI is InChI=1S/C21H25NO6/c1-25-18-9-5-4-8-15(18)19-16(20(23)26-2)12-22(11-14-7-6-10-28-14)13-17(19)21(24)27-3/h4-5,8-9,12-14,19H,6-7,10-11H2,1-3H3/t14-/m1/s1. The van der Waals surface area contributed by atoms with Crippen molar-refractivity contribution >= 4 is 11.9 Å². The van der Waals surface area contributed by atoms with E-state index in [1.165, 1.54) is 14.2 Å². The van der Waals surface area contributed by atoms with E-state index in [2.05, 4.69) is 0 Å². The van der Waals surface area contributed by atoms with E-state index in [9.17, 15) is 9.59 Å². The molecule has 3 rings (SSSR count). The van der Waals surface area contributed by atoms with E-state index in [1.807, 2.05) is 18.2 Å². The summed E-state index contributed by atoms with van der Waals surface area (Å²) in [4.78, 5) is 27.0. The number of hydrogen-bond acceptors (Lipinski definition) is 7. The zero-order valence-electron chi connectivity index (χ0n) is 16.3. The van der Waals surface area contributed by atoms with E-state index in [-0.39, 0.29) is 6.10 Å². The number of para-hydroxylation sites is 1.